The third kappa shape index (κ3) is 4.10. The third-order valence-corrected chi connectivity index (χ3v) is 7.10. The van der Waals surface area contributed by atoms with Crippen molar-refractivity contribution < 1.29 is 8.42 Å². The van der Waals surface area contributed by atoms with Crippen molar-refractivity contribution in [1.29, 1.82) is 0 Å². The van der Waals surface area contributed by atoms with E-state index in [0.29, 0.717) is 16.7 Å². The molecule has 1 saturated heterocycles. The fourth-order valence-electron chi connectivity index (χ4n) is 2.81. The number of thiophene rings is 1. The van der Waals surface area contributed by atoms with E-state index in [1.807, 2.05) is 25.1 Å². The first-order valence-corrected chi connectivity index (χ1v) is 10.1. The number of aromatic nitrogens is 1. The van der Waals surface area contributed by atoms with Gasteiger partial charge in [-0.3, -0.25) is 4.98 Å². The summed E-state index contributed by atoms with van der Waals surface area (Å²) in [4.78, 5) is 7.38. The quantitative estimate of drug-likeness (QED) is 0.899. The van der Waals surface area contributed by atoms with Crippen LogP contribution in [0.3, 0.4) is 0 Å². The van der Waals surface area contributed by atoms with Gasteiger partial charge in [-0.15, -0.1) is 11.3 Å². The van der Waals surface area contributed by atoms with Crippen molar-refractivity contribution in [3.63, 3.8) is 0 Å². The Morgan fingerprint density at radius 2 is 1.91 bits per heavy atom. The minimum absolute atomic E-state index is 0.393. The molecule has 0 aromatic carbocycles. The summed E-state index contributed by atoms with van der Waals surface area (Å²) in [6.45, 7) is 4.34. The van der Waals surface area contributed by atoms with Gasteiger partial charge in [-0.2, -0.15) is 0 Å². The molecule has 0 amide bonds. The molecule has 124 valence electrons. The van der Waals surface area contributed by atoms with E-state index >= 15 is 0 Å². The average molecular weight is 351 g/mol. The fraction of sp³-hybridized carbons (Fsp3) is 0.438. The van der Waals surface area contributed by atoms with Crippen LogP contribution in [0.4, 0.5) is 5.69 Å². The fourth-order valence-corrected chi connectivity index (χ4v) is 5.25. The molecular weight excluding hydrogens is 330 g/mol. The first-order valence-electron chi connectivity index (χ1n) is 7.76. The van der Waals surface area contributed by atoms with Crippen LogP contribution in [0, 0.1) is 12.8 Å². The molecule has 3 rings (SSSR count). The van der Waals surface area contributed by atoms with Gasteiger partial charge in [0.1, 0.15) is 4.21 Å². The number of nitrogens with one attached hydrogen (secondary N) is 1. The van der Waals surface area contributed by atoms with Gasteiger partial charge in [-0.25, -0.2) is 13.1 Å². The van der Waals surface area contributed by atoms with E-state index in [0.717, 1.165) is 30.8 Å². The molecule has 0 radical (unpaired) electrons. The van der Waals surface area contributed by atoms with E-state index in [9.17, 15) is 8.42 Å². The zero-order valence-electron chi connectivity index (χ0n) is 13.1. The Morgan fingerprint density at radius 3 is 2.52 bits per heavy atom. The van der Waals surface area contributed by atoms with Crippen LogP contribution in [0.1, 0.15) is 17.7 Å². The summed E-state index contributed by atoms with van der Waals surface area (Å²) in [5.41, 5.74) is 1.19. The minimum atomic E-state index is -3.36. The van der Waals surface area contributed by atoms with Crippen LogP contribution in [-0.2, 0) is 10.0 Å². The molecule has 7 heteroatoms. The van der Waals surface area contributed by atoms with Crippen molar-refractivity contribution in [1.82, 2.24) is 9.71 Å². The predicted molar refractivity (Wildman–Crippen MR) is 93.4 cm³/mol. The molecule has 0 spiro atoms. The van der Waals surface area contributed by atoms with Crippen LogP contribution in [0.2, 0.25) is 0 Å². The SMILES string of the molecule is Cc1ccc(S(=O)(=O)NCC2CCN(c3ccncc3)CC2)s1. The Hall–Kier alpha value is -1.44. The summed E-state index contributed by atoms with van der Waals surface area (Å²) in [6, 6.07) is 7.55. The van der Waals surface area contributed by atoms with Crippen molar-refractivity contribution in [3.8, 4) is 0 Å². The number of hydrogen-bond donors (Lipinski definition) is 1. The van der Waals surface area contributed by atoms with Gasteiger partial charge in [-0.1, -0.05) is 0 Å². The molecule has 2 aromatic rings. The molecule has 0 atom stereocenters. The predicted octanol–water partition coefficient (Wildman–Crippen LogP) is 2.65. The average Bonchev–Trinajstić information content (AvgIpc) is 3.02. The topological polar surface area (TPSA) is 62.3 Å². The second kappa shape index (κ2) is 6.98. The summed E-state index contributed by atoms with van der Waals surface area (Å²) in [7, 11) is -3.36. The second-order valence-corrected chi connectivity index (χ2v) is 9.13. The van der Waals surface area contributed by atoms with Crippen LogP contribution in [0.15, 0.2) is 40.9 Å². The van der Waals surface area contributed by atoms with Crippen LogP contribution in [-0.4, -0.2) is 33.0 Å². The smallest absolute Gasteiger partial charge is 0.250 e. The minimum Gasteiger partial charge on any atom is -0.371 e. The van der Waals surface area contributed by atoms with Crippen LogP contribution < -0.4 is 9.62 Å². The third-order valence-electron chi connectivity index (χ3n) is 4.18. The van der Waals surface area contributed by atoms with E-state index in [1.165, 1.54) is 17.0 Å². The zero-order chi connectivity index (χ0) is 16.3. The summed E-state index contributed by atoms with van der Waals surface area (Å²) in [5, 5.41) is 0. The van der Waals surface area contributed by atoms with Gasteiger partial charge in [0.15, 0.2) is 0 Å². The largest absolute Gasteiger partial charge is 0.371 e. The molecule has 0 aliphatic carbocycles. The van der Waals surface area contributed by atoms with Gasteiger partial charge in [-0.05, 0) is 49.9 Å². The van der Waals surface area contributed by atoms with Gasteiger partial charge in [0.05, 0.1) is 0 Å². The van der Waals surface area contributed by atoms with E-state index < -0.39 is 10.0 Å². The molecule has 23 heavy (non-hydrogen) atoms. The van der Waals surface area contributed by atoms with Gasteiger partial charge < -0.3 is 4.90 Å². The van der Waals surface area contributed by atoms with Gasteiger partial charge >= 0.3 is 0 Å². The zero-order valence-corrected chi connectivity index (χ0v) is 14.7. The van der Waals surface area contributed by atoms with E-state index in [2.05, 4.69) is 14.6 Å². The Balaban J connectivity index is 1.51. The molecule has 1 aliphatic rings. The second-order valence-electron chi connectivity index (χ2n) is 5.85. The van der Waals surface area contributed by atoms with Gasteiger partial charge in [0.2, 0.25) is 10.0 Å². The molecule has 0 bridgehead atoms. The highest BCUT2D eigenvalue weighted by Crippen LogP contribution is 2.24. The molecule has 5 nitrogen and oxygen atoms in total. The van der Waals surface area contributed by atoms with Gasteiger partial charge in [0.25, 0.3) is 0 Å². The number of hydrogen-bond acceptors (Lipinski definition) is 5. The number of pyridine rings is 1. The van der Waals surface area contributed by atoms with Crippen molar-refractivity contribution in [2.75, 3.05) is 24.5 Å². The summed E-state index contributed by atoms with van der Waals surface area (Å²) in [5.74, 6) is 0.393. The Bertz CT molecular complexity index is 736. The lowest BCUT2D eigenvalue weighted by Crippen LogP contribution is -2.38. The first-order chi connectivity index (χ1) is 11.0. The lowest BCUT2D eigenvalue weighted by molar-refractivity contribution is 0.402. The molecule has 3 heterocycles. The Labute approximate surface area is 141 Å². The highest BCUT2D eigenvalue weighted by atomic mass is 32.2. The van der Waals surface area contributed by atoms with E-state index in [4.69, 9.17) is 0 Å². The molecule has 0 saturated carbocycles. The highest BCUT2D eigenvalue weighted by molar-refractivity contribution is 7.91. The van der Waals surface area contributed by atoms with Crippen molar-refractivity contribution in [2.24, 2.45) is 5.92 Å². The summed E-state index contributed by atoms with van der Waals surface area (Å²) >= 11 is 1.31. The van der Waals surface area contributed by atoms with Crippen molar-refractivity contribution in [3.05, 3.63) is 41.5 Å². The van der Waals surface area contributed by atoms with Crippen molar-refractivity contribution >= 4 is 27.0 Å². The maximum atomic E-state index is 12.3. The van der Waals surface area contributed by atoms with E-state index in [1.54, 1.807) is 18.5 Å². The first kappa shape index (κ1) is 16.4. The number of piperidine rings is 1. The van der Waals surface area contributed by atoms with Crippen molar-refractivity contribution in [2.45, 2.75) is 24.0 Å². The maximum absolute atomic E-state index is 12.3. The van der Waals surface area contributed by atoms with Crippen LogP contribution in [0.5, 0.6) is 0 Å². The Morgan fingerprint density at radius 1 is 1.22 bits per heavy atom. The molecule has 1 N–H and O–H groups in total. The van der Waals surface area contributed by atoms with Crippen LogP contribution >= 0.6 is 11.3 Å². The van der Waals surface area contributed by atoms with Crippen LogP contribution in [0.25, 0.3) is 0 Å². The van der Waals surface area contributed by atoms with Gasteiger partial charge in [0, 0.05) is 42.6 Å². The van der Waals surface area contributed by atoms with E-state index in [-0.39, 0.29) is 0 Å². The summed E-state index contributed by atoms with van der Waals surface area (Å²) < 4.78 is 27.7. The molecule has 1 fully saturated rings. The number of sulfonamides is 1. The lowest BCUT2D eigenvalue weighted by Gasteiger charge is -2.33. The Kier molecular flexibility index (Phi) is 4.99. The monoisotopic (exact) mass is 351 g/mol. The standard InChI is InChI=1S/C16H21N3O2S2/c1-13-2-3-16(22-13)23(20,21)18-12-14-6-10-19(11-7-14)15-4-8-17-9-5-15/h2-5,8-9,14,18H,6-7,10-12H2,1H3. The number of aryl methyl sites for hydroxylation is 1. The normalized spacial score (nSPS) is 16.7. The summed E-state index contributed by atoms with van der Waals surface area (Å²) in [6.07, 6.45) is 5.60. The lowest BCUT2D eigenvalue weighted by atomic mass is 9.97. The molecular formula is C16H21N3O2S2. The number of anilines is 1. The highest BCUT2D eigenvalue weighted by Gasteiger charge is 2.22. The number of rotatable bonds is 5. The maximum Gasteiger partial charge on any atom is 0.250 e. The molecule has 2 aromatic heterocycles. The number of nitrogens with zero attached hydrogens (tertiary/aromatic N) is 2. The molecule has 0 unspecified atom stereocenters. The molecule has 1 aliphatic heterocycles.